The molecule has 0 saturated carbocycles. The van der Waals surface area contributed by atoms with E-state index in [0.29, 0.717) is 17.2 Å². The first-order valence-corrected chi connectivity index (χ1v) is 6.75. The van der Waals surface area contributed by atoms with Crippen molar-refractivity contribution < 1.29 is 4.74 Å². The zero-order valence-corrected chi connectivity index (χ0v) is 12.0. The number of nitrogen functional groups attached to an aromatic ring is 1. The van der Waals surface area contributed by atoms with Crippen LogP contribution >= 0.6 is 11.6 Å². The second kappa shape index (κ2) is 6.55. The van der Waals surface area contributed by atoms with E-state index in [4.69, 9.17) is 27.5 Å². The first-order valence-electron chi connectivity index (χ1n) is 6.37. The molecule has 0 fully saturated rings. The maximum Gasteiger partial charge on any atom is 0.122 e. The third-order valence-corrected chi connectivity index (χ3v) is 3.47. The van der Waals surface area contributed by atoms with Crippen LogP contribution in [0.4, 0.5) is 0 Å². The van der Waals surface area contributed by atoms with Crippen LogP contribution in [0.25, 0.3) is 0 Å². The van der Waals surface area contributed by atoms with Crippen molar-refractivity contribution >= 4 is 17.4 Å². The van der Waals surface area contributed by atoms with Crippen molar-refractivity contribution in [2.24, 2.45) is 5.73 Å². The normalized spacial score (nSPS) is 12.1. The molecule has 1 atom stereocenters. The van der Waals surface area contributed by atoms with E-state index in [9.17, 15) is 0 Å². The molecule has 1 unspecified atom stereocenters. The van der Waals surface area contributed by atoms with Gasteiger partial charge in [0, 0.05) is 10.6 Å². The quantitative estimate of drug-likeness (QED) is 0.647. The fraction of sp³-hybridized carbons (Fsp3) is 0.188. The van der Waals surface area contributed by atoms with Crippen molar-refractivity contribution in [2.45, 2.75) is 19.6 Å². The summed E-state index contributed by atoms with van der Waals surface area (Å²) in [6.45, 7) is 2.43. The van der Waals surface area contributed by atoms with Gasteiger partial charge in [-0.05, 0) is 24.1 Å². The molecule has 0 heterocycles. The van der Waals surface area contributed by atoms with Crippen molar-refractivity contribution in [1.82, 2.24) is 0 Å². The fourth-order valence-electron chi connectivity index (χ4n) is 1.87. The average Bonchev–Trinajstić information content (AvgIpc) is 2.46. The van der Waals surface area contributed by atoms with Crippen LogP contribution in [0.5, 0.6) is 0 Å². The monoisotopic (exact) mass is 288 g/mol. The molecule has 0 bridgehead atoms. The summed E-state index contributed by atoms with van der Waals surface area (Å²) in [6, 6.07) is 15.3. The van der Waals surface area contributed by atoms with Gasteiger partial charge in [0.2, 0.25) is 0 Å². The van der Waals surface area contributed by atoms with Gasteiger partial charge in [-0.3, -0.25) is 5.41 Å². The van der Waals surface area contributed by atoms with Crippen LogP contribution in [0.3, 0.4) is 0 Å². The summed E-state index contributed by atoms with van der Waals surface area (Å²) in [6.07, 6.45) is -0.000231. The third-order valence-electron chi connectivity index (χ3n) is 3.12. The molecule has 2 aromatic carbocycles. The first kappa shape index (κ1) is 14.6. The number of benzene rings is 2. The highest BCUT2D eigenvalue weighted by Gasteiger charge is 2.08. The summed E-state index contributed by atoms with van der Waals surface area (Å²) < 4.78 is 5.83. The van der Waals surface area contributed by atoms with Crippen molar-refractivity contribution in [2.75, 3.05) is 0 Å². The SMILES string of the molecule is CC(OCc1ccc(C(=N)N)cc1Cl)c1ccccc1. The number of nitrogens with one attached hydrogen (secondary N) is 1. The molecule has 0 saturated heterocycles. The number of ether oxygens (including phenoxy) is 1. The minimum atomic E-state index is -0.000231. The summed E-state index contributed by atoms with van der Waals surface area (Å²) in [4.78, 5) is 0. The average molecular weight is 289 g/mol. The number of halogens is 1. The zero-order valence-electron chi connectivity index (χ0n) is 11.3. The summed E-state index contributed by atoms with van der Waals surface area (Å²) in [5.74, 6) is 0.0111. The molecule has 3 N–H and O–H groups in total. The Morgan fingerprint density at radius 3 is 2.55 bits per heavy atom. The van der Waals surface area contributed by atoms with Gasteiger partial charge >= 0.3 is 0 Å². The molecule has 4 heteroatoms. The summed E-state index contributed by atoms with van der Waals surface area (Å²) in [5.41, 5.74) is 8.06. The van der Waals surface area contributed by atoms with Gasteiger partial charge < -0.3 is 10.5 Å². The molecule has 20 heavy (non-hydrogen) atoms. The number of amidine groups is 1. The van der Waals surface area contributed by atoms with E-state index in [1.165, 1.54) is 0 Å². The van der Waals surface area contributed by atoms with E-state index in [1.54, 1.807) is 12.1 Å². The van der Waals surface area contributed by atoms with Gasteiger partial charge in [-0.2, -0.15) is 0 Å². The highest BCUT2D eigenvalue weighted by molar-refractivity contribution is 6.31. The van der Waals surface area contributed by atoms with Crippen molar-refractivity contribution in [3.05, 3.63) is 70.2 Å². The molecule has 0 amide bonds. The van der Waals surface area contributed by atoms with Gasteiger partial charge in [0.05, 0.1) is 12.7 Å². The number of rotatable bonds is 5. The molecule has 0 spiro atoms. The number of hydrogen-bond donors (Lipinski definition) is 2. The maximum atomic E-state index is 7.37. The Kier molecular flexibility index (Phi) is 4.77. The van der Waals surface area contributed by atoms with Crippen molar-refractivity contribution in [3.8, 4) is 0 Å². The van der Waals surface area contributed by atoms with E-state index in [2.05, 4.69) is 0 Å². The van der Waals surface area contributed by atoms with Gasteiger partial charge in [0.1, 0.15) is 5.84 Å². The zero-order chi connectivity index (χ0) is 14.5. The Bertz CT molecular complexity index is 599. The Morgan fingerprint density at radius 2 is 1.95 bits per heavy atom. The van der Waals surface area contributed by atoms with E-state index >= 15 is 0 Å². The fourth-order valence-corrected chi connectivity index (χ4v) is 2.10. The molecule has 104 valence electrons. The summed E-state index contributed by atoms with van der Waals surface area (Å²) in [7, 11) is 0. The molecule has 2 aromatic rings. The summed E-state index contributed by atoms with van der Waals surface area (Å²) in [5, 5.41) is 7.94. The lowest BCUT2D eigenvalue weighted by Gasteiger charge is -2.14. The number of nitrogens with two attached hydrogens (primary N) is 1. The topological polar surface area (TPSA) is 59.1 Å². The van der Waals surface area contributed by atoms with Gasteiger partial charge in [0.15, 0.2) is 0 Å². The predicted molar refractivity (Wildman–Crippen MR) is 82.1 cm³/mol. The van der Waals surface area contributed by atoms with Crippen LogP contribution in [0.1, 0.15) is 29.7 Å². The van der Waals surface area contributed by atoms with Gasteiger partial charge in [-0.25, -0.2) is 0 Å². The molecule has 2 rings (SSSR count). The molecule has 0 aromatic heterocycles. The van der Waals surface area contributed by atoms with Crippen molar-refractivity contribution in [1.29, 1.82) is 5.41 Å². The lowest BCUT2D eigenvalue weighted by atomic mass is 10.1. The van der Waals surface area contributed by atoms with Crippen LogP contribution in [0.15, 0.2) is 48.5 Å². The lowest BCUT2D eigenvalue weighted by molar-refractivity contribution is 0.0526. The Labute approximate surface area is 123 Å². The van der Waals surface area contributed by atoms with Crippen LogP contribution in [-0.2, 0) is 11.3 Å². The maximum absolute atomic E-state index is 7.37. The van der Waals surface area contributed by atoms with Gasteiger partial charge in [-0.15, -0.1) is 0 Å². The van der Waals surface area contributed by atoms with Gasteiger partial charge in [0.25, 0.3) is 0 Å². The molecular weight excluding hydrogens is 272 g/mol. The Hall–Kier alpha value is -1.84. The van der Waals surface area contributed by atoms with E-state index in [0.717, 1.165) is 11.1 Å². The smallest absolute Gasteiger partial charge is 0.122 e. The van der Waals surface area contributed by atoms with Gasteiger partial charge in [-0.1, -0.05) is 54.1 Å². The molecule has 0 radical (unpaired) electrons. The van der Waals surface area contributed by atoms with E-state index < -0.39 is 0 Å². The van der Waals surface area contributed by atoms with Crippen LogP contribution in [0.2, 0.25) is 5.02 Å². The Morgan fingerprint density at radius 1 is 1.25 bits per heavy atom. The molecule has 0 aliphatic rings. The second-order valence-corrected chi connectivity index (χ2v) is 4.99. The highest BCUT2D eigenvalue weighted by atomic mass is 35.5. The van der Waals surface area contributed by atoms with Crippen LogP contribution in [0, 0.1) is 5.41 Å². The third kappa shape index (κ3) is 3.59. The molecule has 3 nitrogen and oxygen atoms in total. The minimum Gasteiger partial charge on any atom is -0.384 e. The minimum absolute atomic E-state index is 0.000231. The number of hydrogen-bond acceptors (Lipinski definition) is 2. The lowest BCUT2D eigenvalue weighted by Crippen LogP contribution is -2.11. The molecule has 0 aliphatic heterocycles. The summed E-state index contributed by atoms with van der Waals surface area (Å²) >= 11 is 6.17. The predicted octanol–water partition coefficient (Wildman–Crippen LogP) is 3.90. The van der Waals surface area contributed by atoms with Crippen molar-refractivity contribution in [3.63, 3.8) is 0 Å². The molecular formula is C16H17ClN2O. The standard InChI is InChI=1S/C16H17ClN2O/c1-11(12-5-3-2-4-6-12)20-10-14-8-7-13(16(18)19)9-15(14)17/h2-9,11H,10H2,1H3,(H3,18,19). The second-order valence-electron chi connectivity index (χ2n) is 4.58. The van der Waals surface area contributed by atoms with E-state index in [1.807, 2.05) is 43.3 Å². The highest BCUT2D eigenvalue weighted by Crippen LogP contribution is 2.22. The van der Waals surface area contributed by atoms with Crippen LogP contribution < -0.4 is 5.73 Å². The van der Waals surface area contributed by atoms with E-state index in [-0.39, 0.29) is 11.9 Å². The Balaban J connectivity index is 2.02. The first-order chi connectivity index (χ1) is 9.58. The largest absolute Gasteiger partial charge is 0.384 e. The molecule has 0 aliphatic carbocycles. The van der Waals surface area contributed by atoms with Crippen LogP contribution in [-0.4, -0.2) is 5.84 Å².